The maximum absolute atomic E-state index is 12.5. The zero-order valence-corrected chi connectivity index (χ0v) is 21.7. The van der Waals surface area contributed by atoms with Crippen molar-refractivity contribution in [2.45, 2.75) is 63.3 Å². The van der Waals surface area contributed by atoms with Gasteiger partial charge in [0.15, 0.2) is 6.29 Å². The monoisotopic (exact) mass is 517 g/mol. The fraction of sp³-hybridized carbons (Fsp3) is 0.387. The molecule has 2 bridgehead atoms. The molecule has 2 saturated heterocycles. The fourth-order valence-electron chi connectivity index (χ4n) is 4.97. The van der Waals surface area contributed by atoms with Crippen LogP contribution in [-0.4, -0.2) is 49.3 Å². The van der Waals surface area contributed by atoms with Gasteiger partial charge in [-0.05, 0) is 16.7 Å². The Balaban J connectivity index is 1.41. The van der Waals surface area contributed by atoms with Crippen molar-refractivity contribution < 1.29 is 28.5 Å². The van der Waals surface area contributed by atoms with Crippen molar-refractivity contribution >= 4 is 5.91 Å². The molecule has 0 unspecified atom stereocenters. The highest BCUT2D eigenvalue weighted by atomic mass is 16.8. The Hall–Kier alpha value is -3.07. The number of carbonyl (C=O) groups is 1. The van der Waals surface area contributed by atoms with Crippen LogP contribution in [0.5, 0.6) is 0 Å². The van der Waals surface area contributed by atoms with Crippen molar-refractivity contribution in [1.29, 1.82) is 0 Å². The molecule has 7 nitrogen and oxygen atoms in total. The lowest BCUT2D eigenvalue weighted by Crippen LogP contribution is -2.67. The van der Waals surface area contributed by atoms with E-state index in [0.29, 0.717) is 26.2 Å². The molecule has 0 radical (unpaired) electrons. The molecule has 2 fully saturated rings. The van der Waals surface area contributed by atoms with Gasteiger partial charge in [-0.3, -0.25) is 4.79 Å². The van der Waals surface area contributed by atoms with Crippen LogP contribution in [0.1, 0.15) is 30.0 Å². The quantitative estimate of drug-likeness (QED) is 0.384. The standard InChI is InChI=1S/C31H35NO6/c1-2-26(33)32-27-28(35-19-24-14-8-4-9-15-24)29(36-20-25-16-10-5-11-17-25)31(22-37-30(27)38-31)21-34-18-23-12-6-3-7-13-23/h3-17,27-30H,2,18-22H2,1H3,(H,32,33)/t27-,28-,29-,30+,31+/m1/s1. The Bertz CT molecular complexity index is 1140. The maximum atomic E-state index is 12.5. The number of nitrogens with one attached hydrogen (secondary N) is 1. The molecule has 7 heteroatoms. The lowest BCUT2D eigenvalue weighted by atomic mass is 9.87. The normalized spacial score (nSPS) is 26.2. The third kappa shape index (κ3) is 6.31. The second-order valence-electron chi connectivity index (χ2n) is 9.77. The van der Waals surface area contributed by atoms with Gasteiger partial charge in [0.1, 0.15) is 23.9 Å². The molecule has 5 atom stereocenters. The fourth-order valence-corrected chi connectivity index (χ4v) is 4.97. The number of hydrogen-bond donors (Lipinski definition) is 1. The molecule has 0 aromatic heterocycles. The first-order chi connectivity index (χ1) is 18.7. The summed E-state index contributed by atoms with van der Waals surface area (Å²) in [6.45, 7) is 3.52. The first kappa shape index (κ1) is 26.5. The summed E-state index contributed by atoms with van der Waals surface area (Å²) in [7, 11) is 0. The van der Waals surface area contributed by atoms with Crippen LogP contribution in [-0.2, 0) is 48.3 Å². The Morgan fingerprint density at radius 2 is 1.39 bits per heavy atom. The summed E-state index contributed by atoms with van der Waals surface area (Å²) in [4.78, 5) is 12.5. The zero-order chi connectivity index (χ0) is 26.2. The van der Waals surface area contributed by atoms with E-state index in [1.807, 2.05) is 97.9 Å². The molecular formula is C31H35NO6. The van der Waals surface area contributed by atoms with Crippen LogP contribution in [0.4, 0.5) is 0 Å². The van der Waals surface area contributed by atoms with Crippen LogP contribution < -0.4 is 5.32 Å². The third-order valence-corrected chi connectivity index (χ3v) is 6.97. The average molecular weight is 518 g/mol. The largest absolute Gasteiger partial charge is 0.374 e. The Labute approximate surface area is 224 Å². The summed E-state index contributed by atoms with van der Waals surface area (Å²) >= 11 is 0. The van der Waals surface area contributed by atoms with Gasteiger partial charge in [0, 0.05) is 6.42 Å². The minimum absolute atomic E-state index is 0.1000. The molecule has 3 aromatic rings. The van der Waals surface area contributed by atoms with Crippen molar-refractivity contribution in [1.82, 2.24) is 5.32 Å². The van der Waals surface area contributed by atoms with E-state index in [1.54, 1.807) is 0 Å². The Kier molecular flexibility index (Phi) is 8.83. The van der Waals surface area contributed by atoms with Crippen LogP contribution in [0.2, 0.25) is 0 Å². The van der Waals surface area contributed by atoms with Gasteiger partial charge in [0.2, 0.25) is 5.91 Å². The SMILES string of the molecule is CCC(=O)N[C@H]1[C@H]2OC[C@](COCc3ccccc3)(O2)[C@H](OCc2ccccc2)[C@@H]1OCc1ccccc1. The highest BCUT2D eigenvalue weighted by molar-refractivity contribution is 5.76. The van der Waals surface area contributed by atoms with E-state index in [2.05, 4.69) is 5.32 Å². The molecule has 0 saturated carbocycles. The van der Waals surface area contributed by atoms with Crippen molar-refractivity contribution in [3.8, 4) is 0 Å². The van der Waals surface area contributed by atoms with Gasteiger partial charge in [-0.15, -0.1) is 0 Å². The second kappa shape index (κ2) is 12.7. The number of fused-ring (bicyclic) bond motifs is 2. The number of rotatable bonds is 12. The highest BCUT2D eigenvalue weighted by Gasteiger charge is 2.61. The second-order valence-corrected chi connectivity index (χ2v) is 9.77. The van der Waals surface area contributed by atoms with Gasteiger partial charge >= 0.3 is 0 Å². The van der Waals surface area contributed by atoms with Crippen LogP contribution >= 0.6 is 0 Å². The Morgan fingerprint density at radius 3 is 1.97 bits per heavy atom. The summed E-state index contributed by atoms with van der Waals surface area (Å²) in [5.41, 5.74) is 2.25. The highest BCUT2D eigenvalue weighted by Crippen LogP contribution is 2.41. The number of carbonyl (C=O) groups excluding carboxylic acids is 1. The summed E-state index contributed by atoms with van der Waals surface area (Å²) in [5, 5.41) is 3.08. The molecule has 2 aliphatic heterocycles. The number of benzene rings is 3. The average Bonchev–Trinajstić information content (AvgIpc) is 3.35. The predicted octanol–water partition coefficient (Wildman–Crippen LogP) is 4.39. The molecule has 0 spiro atoms. The van der Waals surface area contributed by atoms with Crippen LogP contribution in [0, 0.1) is 0 Å². The van der Waals surface area contributed by atoms with Gasteiger partial charge in [-0.2, -0.15) is 0 Å². The van der Waals surface area contributed by atoms with E-state index in [9.17, 15) is 4.79 Å². The molecule has 1 N–H and O–H groups in total. The minimum atomic E-state index is -0.886. The summed E-state index contributed by atoms with van der Waals surface area (Å²) in [6.07, 6.45) is -1.39. The van der Waals surface area contributed by atoms with Crippen molar-refractivity contribution in [2.24, 2.45) is 0 Å². The number of ether oxygens (including phenoxy) is 5. The molecule has 2 heterocycles. The molecule has 38 heavy (non-hydrogen) atoms. The number of amides is 1. The molecule has 1 amide bonds. The van der Waals surface area contributed by atoms with E-state index in [4.69, 9.17) is 23.7 Å². The van der Waals surface area contributed by atoms with E-state index >= 15 is 0 Å². The summed E-state index contributed by atoms with van der Waals surface area (Å²) in [6, 6.07) is 29.4. The van der Waals surface area contributed by atoms with Crippen molar-refractivity contribution in [3.63, 3.8) is 0 Å². The van der Waals surface area contributed by atoms with Gasteiger partial charge < -0.3 is 29.0 Å². The van der Waals surface area contributed by atoms with E-state index in [-0.39, 0.29) is 19.1 Å². The minimum Gasteiger partial charge on any atom is -0.374 e. The van der Waals surface area contributed by atoms with E-state index in [1.165, 1.54) is 0 Å². The van der Waals surface area contributed by atoms with Crippen LogP contribution in [0.25, 0.3) is 0 Å². The third-order valence-electron chi connectivity index (χ3n) is 6.97. The van der Waals surface area contributed by atoms with E-state index in [0.717, 1.165) is 16.7 Å². The van der Waals surface area contributed by atoms with E-state index < -0.39 is 30.1 Å². The summed E-state index contributed by atoms with van der Waals surface area (Å²) in [5.74, 6) is -0.1000. The lowest BCUT2D eigenvalue weighted by Gasteiger charge is -2.46. The first-order valence-corrected chi connectivity index (χ1v) is 13.2. The molecule has 2 aliphatic rings. The predicted molar refractivity (Wildman–Crippen MR) is 142 cm³/mol. The van der Waals surface area contributed by atoms with Gasteiger partial charge in [0.25, 0.3) is 0 Å². The van der Waals surface area contributed by atoms with Crippen LogP contribution in [0.3, 0.4) is 0 Å². The number of hydrogen-bond acceptors (Lipinski definition) is 6. The van der Waals surface area contributed by atoms with Gasteiger partial charge in [-0.1, -0.05) is 97.9 Å². The van der Waals surface area contributed by atoms with Crippen molar-refractivity contribution in [3.05, 3.63) is 108 Å². The van der Waals surface area contributed by atoms with Crippen molar-refractivity contribution in [2.75, 3.05) is 13.2 Å². The molecule has 200 valence electrons. The molecule has 3 aromatic carbocycles. The maximum Gasteiger partial charge on any atom is 0.220 e. The van der Waals surface area contributed by atoms with Crippen LogP contribution in [0.15, 0.2) is 91.0 Å². The lowest BCUT2D eigenvalue weighted by molar-refractivity contribution is -0.264. The molecular weight excluding hydrogens is 482 g/mol. The first-order valence-electron chi connectivity index (χ1n) is 13.2. The smallest absolute Gasteiger partial charge is 0.220 e. The zero-order valence-electron chi connectivity index (χ0n) is 21.7. The molecule has 5 rings (SSSR count). The molecule has 0 aliphatic carbocycles. The summed E-state index contributed by atoms with van der Waals surface area (Å²) < 4.78 is 31.9. The Morgan fingerprint density at radius 1 is 0.842 bits per heavy atom. The topological polar surface area (TPSA) is 75.3 Å². The van der Waals surface area contributed by atoms with Gasteiger partial charge in [0.05, 0.1) is 33.0 Å². The van der Waals surface area contributed by atoms with Gasteiger partial charge in [-0.25, -0.2) is 0 Å².